The third kappa shape index (κ3) is 5.40. The van der Waals surface area contributed by atoms with Gasteiger partial charge in [-0.2, -0.15) is 5.10 Å². The second kappa shape index (κ2) is 8.68. The molecule has 0 aliphatic rings. The number of rotatable bonds is 7. The zero-order chi connectivity index (χ0) is 17.4. The van der Waals surface area contributed by atoms with E-state index in [4.69, 9.17) is 9.84 Å². The van der Waals surface area contributed by atoms with Crippen LogP contribution in [0.1, 0.15) is 12.5 Å². The van der Waals surface area contributed by atoms with Gasteiger partial charge in [-0.1, -0.05) is 12.1 Å². The highest BCUT2D eigenvalue weighted by molar-refractivity contribution is 5.99. The van der Waals surface area contributed by atoms with Gasteiger partial charge in [-0.25, -0.2) is 4.79 Å². The van der Waals surface area contributed by atoms with Crippen LogP contribution in [-0.2, 0) is 22.5 Å². The molecular formula is C16H20N4O4. The highest BCUT2D eigenvalue weighted by Gasteiger charge is 2.08. The summed E-state index contributed by atoms with van der Waals surface area (Å²) in [7, 11) is 0. The van der Waals surface area contributed by atoms with E-state index in [2.05, 4.69) is 15.7 Å². The molecule has 3 N–H and O–H groups in total. The Hall–Kier alpha value is -2.87. The first kappa shape index (κ1) is 17.5. The summed E-state index contributed by atoms with van der Waals surface area (Å²) < 4.78 is 6.42. The van der Waals surface area contributed by atoms with Crippen molar-refractivity contribution in [2.24, 2.45) is 0 Å². The molecule has 0 atom stereocenters. The molecule has 2 aromatic rings. The number of carbonyl (C=O) groups is 2. The van der Waals surface area contributed by atoms with Crippen LogP contribution in [0.3, 0.4) is 0 Å². The average molecular weight is 332 g/mol. The summed E-state index contributed by atoms with van der Waals surface area (Å²) in [5, 5.41) is 18.2. The molecule has 8 nitrogen and oxygen atoms in total. The first-order valence-electron chi connectivity index (χ1n) is 7.57. The lowest BCUT2D eigenvalue weighted by atomic mass is 10.1. The summed E-state index contributed by atoms with van der Waals surface area (Å²) in [5.74, 6) is 0.0668. The molecule has 0 unspecified atom stereocenters. The van der Waals surface area contributed by atoms with Crippen molar-refractivity contribution in [3.8, 4) is 0 Å². The van der Waals surface area contributed by atoms with Crippen LogP contribution in [-0.4, -0.2) is 40.1 Å². The summed E-state index contributed by atoms with van der Waals surface area (Å²) in [6, 6.07) is 8.15. The Morgan fingerprint density at radius 1 is 1.29 bits per heavy atom. The molecule has 0 bridgehead atoms. The second-order valence-electron chi connectivity index (χ2n) is 4.95. The minimum Gasteiger partial charge on any atom is -0.466 e. The summed E-state index contributed by atoms with van der Waals surface area (Å²) in [6.45, 7) is 2.42. The minimum absolute atomic E-state index is 0.0272. The number of nitrogens with zero attached hydrogens (tertiary/aromatic N) is 2. The number of ether oxygens (including phenoxy) is 1. The number of amides is 2. The van der Waals surface area contributed by atoms with E-state index < -0.39 is 6.03 Å². The van der Waals surface area contributed by atoms with E-state index in [9.17, 15) is 9.59 Å². The van der Waals surface area contributed by atoms with Gasteiger partial charge in [-0.3, -0.25) is 14.8 Å². The number of carbonyl (C=O) groups excluding carboxylic acids is 2. The predicted molar refractivity (Wildman–Crippen MR) is 88.7 cm³/mol. The Morgan fingerprint density at radius 2 is 2.12 bits per heavy atom. The van der Waals surface area contributed by atoms with E-state index in [-0.39, 0.29) is 19.0 Å². The van der Waals surface area contributed by atoms with Crippen molar-refractivity contribution in [3.63, 3.8) is 0 Å². The van der Waals surface area contributed by atoms with E-state index in [1.165, 1.54) is 4.68 Å². The lowest BCUT2D eigenvalue weighted by Gasteiger charge is -2.08. The largest absolute Gasteiger partial charge is 0.466 e. The Kier molecular flexibility index (Phi) is 6.32. The highest BCUT2D eigenvalue weighted by atomic mass is 16.5. The van der Waals surface area contributed by atoms with Crippen LogP contribution in [0.4, 0.5) is 16.3 Å². The fourth-order valence-electron chi connectivity index (χ4n) is 2.07. The molecule has 24 heavy (non-hydrogen) atoms. The van der Waals surface area contributed by atoms with Gasteiger partial charge < -0.3 is 15.2 Å². The Labute approximate surface area is 139 Å². The fourth-order valence-corrected chi connectivity index (χ4v) is 2.07. The molecule has 0 spiro atoms. The molecule has 1 heterocycles. The Morgan fingerprint density at radius 3 is 2.88 bits per heavy atom. The third-order valence-corrected chi connectivity index (χ3v) is 3.05. The molecule has 0 saturated carbocycles. The van der Waals surface area contributed by atoms with Crippen LogP contribution in [0.2, 0.25) is 0 Å². The first-order valence-corrected chi connectivity index (χ1v) is 7.57. The van der Waals surface area contributed by atoms with Gasteiger partial charge in [-0.05, 0) is 24.6 Å². The van der Waals surface area contributed by atoms with Crippen molar-refractivity contribution in [1.29, 1.82) is 0 Å². The van der Waals surface area contributed by atoms with E-state index in [1.54, 1.807) is 43.5 Å². The summed E-state index contributed by atoms with van der Waals surface area (Å²) in [5.41, 5.74) is 1.31. The molecule has 2 rings (SSSR count). The van der Waals surface area contributed by atoms with E-state index in [1.807, 2.05) is 0 Å². The molecule has 0 aliphatic carbocycles. The van der Waals surface area contributed by atoms with Gasteiger partial charge in [0.15, 0.2) is 5.82 Å². The van der Waals surface area contributed by atoms with E-state index in [0.29, 0.717) is 24.7 Å². The van der Waals surface area contributed by atoms with Gasteiger partial charge in [0, 0.05) is 18.0 Å². The van der Waals surface area contributed by atoms with Crippen LogP contribution in [0, 0.1) is 0 Å². The number of aliphatic hydroxyl groups is 1. The highest BCUT2D eigenvalue weighted by Crippen LogP contribution is 2.12. The molecule has 2 amide bonds. The quantitative estimate of drug-likeness (QED) is 0.668. The third-order valence-electron chi connectivity index (χ3n) is 3.05. The summed E-state index contributed by atoms with van der Waals surface area (Å²) in [6.07, 6.45) is 1.81. The number of aromatic nitrogens is 2. The summed E-state index contributed by atoms with van der Waals surface area (Å²) in [4.78, 5) is 23.5. The average Bonchev–Trinajstić information content (AvgIpc) is 2.95. The van der Waals surface area contributed by atoms with Crippen molar-refractivity contribution < 1.29 is 19.4 Å². The van der Waals surface area contributed by atoms with E-state index >= 15 is 0 Å². The van der Waals surface area contributed by atoms with E-state index in [0.717, 1.165) is 5.56 Å². The Bertz CT molecular complexity index is 699. The molecular weight excluding hydrogens is 312 g/mol. The van der Waals surface area contributed by atoms with Crippen LogP contribution in [0.15, 0.2) is 36.5 Å². The predicted octanol–water partition coefficient (Wildman–Crippen LogP) is 1.62. The van der Waals surface area contributed by atoms with Gasteiger partial charge >= 0.3 is 12.0 Å². The number of urea groups is 1. The molecule has 0 aliphatic heterocycles. The lowest BCUT2D eigenvalue weighted by molar-refractivity contribution is -0.142. The number of esters is 1. The molecule has 1 aromatic heterocycles. The number of aliphatic hydroxyl groups excluding tert-OH is 1. The monoisotopic (exact) mass is 332 g/mol. The van der Waals surface area contributed by atoms with Crippen LogP contribution < -0.4 is 10.6 Å². The zero-order valence-corrected chi connectivity index (χ0v) is 13.4. The number of hydrogen-bond donors (Lipinski definition) is 3. The van der Waals surface area contributed by atoms with Crippen LogP contribution in [0.5, 0.6) is 0 Å². The van der Waals surface area contributed by atoms with Crippen molar-refractivity contribution in [1.82, 2.24) is 9.78 Å². The molecule has 128 valence electrons. The van der Waals surface area contributed by atoms with Crippen LogP contribution in [0.25, 0.3) is 0 Å². The second-order valence-corrected chi connectivity index (χ2v) is 4.95. The summed E-state index contributed by atoms with van der Waals surface area (Å²) >= 11 is 0. The van der Waals surface area contributed by atoms with Gasteiger partial charge in [-0.15, -0.1) is 0 Å². The van der Waals surface area contributed by atoms with Crippen molar-refractivity contribution >= 4 is 23.5 Å². The SMILES string of the molecule is CCOC(=O)Cc1cccc(NC(=O)Nc2ccn(CCO)n2)c1. The molecule has 0 radical (unpaired) electrons. The molecule has 8 heteroatoms. The maximum atomic E-state index is 12.0. The number of hydrogen-bond acceptors (Lipinski definition) is 5. The van der Waals surface area contributed by atoms with Gasteiger partial charge in [0.1, 0.15) is 0 Å². The maximum absolute atomic E-state index is 12.0. The van der Waals surface area contributed by atoms with Gasteiger partial charge in [0.25, 0.3) is 0 Å². The van der Waals surface area contributed by atoms with Gasteiger partial charge in [0.05, 0.1) is 26.2 Å². The number of benzene rings is 1. The van der Waals surface area contributed by atoms with Crippen molar-refractivity contribution in [2.75, 3.05) is 23.8 Å². The lowest BCUT2D eigenvalue weighted by Crippen LogP contribution is -2.20. The number of nitrogens with one attached hydrogen (secondary N) is 2. The van der Waals surface area contributed by atoms with Gasteiger partial charge in [0.2, 0.25) is 0 Å². The molecule has 0 saturated heterocycles. The van der Waals surface area contributed by atoms with Crippen LogP contribution >= 0.6 is 0 Å². The normalized spacial score (nSPS) is 10.2. The Balaban J connectivity index is 1.92. The standard InChI is InChI=1S/C16H20N4O4/c1-2-24-15(22)11-12-4-3-5-13(10-12)17-16(23)18-14-6-7-20(19-14)8-9-21/h3-7,10,21H,2,8-9,11H2,1H3,(H2,17,18,19,23). The van der Waals surface area contributed by atoms with Crippen molar-refractivity contribution in [2.45, 2.75) is 19.9 Å². The first-order chi connectivity index (χ1) is 11.6. The topological polar surface area (TPSA) is 105 Å². The van der Waals surface area contributed by atoms with Crippen molar-refractivity contribution in [3.05, 3.63) is 42.1 Å². The molecule has 1 aromatic carbocycles. The zero-order valence-electron chi connectivity index (χ0n) is 13.4. The smallest absolute Gasteiger partial charge is 0.324 e. The fraction of sp³-hybridized carbons (Fsp3) is 0.312. The molecule has 0 fully saturated rings. The number of anilines is 2. The maximum Gasteiger partial charge on any atom is 0.324 e. The minimum atomic E-state index is -0.447.